The van der Waals surface area contributed by atoms with Gasteiger partial charge in [0.1, 0.15) is 18.1 Å². The fourth-order valence-corrected chi connectivity index (χ4v) is 3.77. The Morgan fingerprint density at radius 2 is 1.53 bits per heavy atom. The summed E-state index contributed by atoms with van der Waals surface area (Å²) >= 11 is 0. The maximum atomic E-state index is 12.8. The van der Waals surface area contributed by atoms with Crippen LogP contribution in [0, 0.1) is 13.8 Å². The minimum absolute atomic E-state index is 0.142. The zero-order valence-electron chi connectivity index (χ0n) is 20.6. The van der Waals surface area contributed by atoms with Gasteiger partial charge in [0, 0.05) is 17.7 Å². The van der Waals surface area contributed by atoms with E-state index in [0.29, 0.717) is 49.0 Å². The summed E-state index contributed by atoms with van der Waals surface area (Å²) in [4.78, 5) is 12.8. The van der Waals surface area contributed by atoms with Gasteiger partial charge in [-0.3, -0.25) is 4.79 Å². The van der Waals surface area contributed by atoms with Crippen molar-refractivity contribution in [2.45, 2.75) is 33.8 Å². The molecule has 0 aliphatic carbocycles. The molecule has 6 heteroatoms. The summed E-state index contributed by atoms with van der Waals surface area (Å²) in [6.07, 6.45) is 0.672. The van der Waals surface area contributed by atoms with Crippen LogP contribution in [0.25, 0.3) is 0 Å². The van der Waals surface area contributed by atoms with E-state index in [1.165, 1.54) is 0 Å². The molecule has 0 unspecified atom stereocenters. The number of amides is 1. The molecule has 6 nitrogen and oxygen atoms in total. The van der Waals surface area contributed by atoms with E-state index in [4.69, 9.17) is 18.9 Å². The van der Waals surface area contributed by atoms with Gasteiger partial charge >= 0.3 is 0 Å². The van der Waals surface area contributed by atoms with Crippen LogP contribution in [0.4, 0.5) is 0 Å². The highest BCUT2D eigenvalue weighted by molar-refractivity contribution is 5.94. The van der Waals surface area contributed by atoms with Gasteiger partial charge in [-0.1, -0.05) is 12.1 Å². The first-order valence-electron chi connectivity index (χ1n) is 11.4. The van der Waals surface area contributed by atoms with Gasteiger partial charge in [0.15, 0.2) is 11.5 Å². The highest BCUT2D eigenvalue weighted by atomic mass is 16.5. The molecule has 0 bridgehead atoms. The summed E-state index contributed by atoms with van der Waals surface area (Å²) in [5.41, 5.74) is 4.72. The van der Waals surface area contributed by atoms with Crippen LogP contribution in [-0.4, -0.2) is 33.3 Å². The Labute approximate surface area is 201 Å². The maximum absolute atomic E-state index is 12.8. The van der Waals surface area contributed by atoms with Crippen molar-refractivity contribution in [1.29, 1.82) is 0 Å². The molecule has 3 aromatic carbocycles. The number of hydrogen-bond acceptors (Lipinski definition) is 5. The molecule has 180 valence electrons. The maximum Gasteiger partial charge on any atom is 0.251 e. The van der Waals surface area contributed by atoms with E-state index >= 15 is 0 Å². The second-order valence-corrected chi connectivity index (χ2v) is 8.06. The van der Waals surface area contributed by atoms with Crippen molar-refractivity contribution in [3.8, 4) is 23.0 Å². The largest absolute Gasteiger partial charge is 0.493 e. The third-order valence-electron chi connectivity index (χ3n) is 5.36. The van der Waals surface area contributed by atoms with Gasteiger partial charge < -0.3 is 24.3 Å². The molecular weight excluding hydrogens is 430 g/mol. The lowest BCUT2D eigenvalue weighted by Crippen LogP contribution is -2.25. The summed E-state index contributed by atoms with van der Waals surface area (Å²) in [6.45, 7) is 7.36. The van der Waals surface area contributed by atoms with Crippen LogP contribution in [-0.2, 0) is 13.0 Å². The van der Waals surface area contributed by atoms with Gasteiger partial charge in [0.05, 0.1) is 20.8 Å². The molecular formula is C28H33NO5. The zero-order valence-corrected chi connectivity index (χ0v) is 20.6. The molecule has 0 spiro atoms. The van der Waals surface area contributed by atoms with E-state index in [1.54, 1.807) is 20.3 Å². The Bertz CT molecular complexity index is 1110. The summed E-state index contributed by atoms with van der Waals surface area (Å²) in [5.74, 6) is 2.72. The van der Waals surface area contributed by atoms with Gasteiger partial charge in [0.2, 0.25) is 0 Å². The summed E-state index contributed by atoms with van der Waals surface area (Å²) in [6, 6.07) is 17.3. The van der Waals surface area contributed by atoms with E-state index < -0.39 is 0 Å². The van der Waals surface area contributed by atoms with Crippen LogP contribution in [0.2, 0.25) is 0 Å². The number of carbonyl (C=O) groups is 1. The zero-order chi connectivity index (χ0) is 24.5. The monoisotopic (exact) mass is 463 g/mol. The Balaban J connectivity index is 1.65. The lowest BCUT2D eigenvalue weighted by molar-refractivity contribution is 0.0954. The average Bonchev–Trinajstić information content (AvgIpc) is 2.82. The van der Waals surface area contributed by atoms with Gasteiger partial charge in [-0.05, 0) is 86.3 Å². The number of rotatable bonds is 11. The minimum atomic E-state index is -0.142. The summed E-state index contributed by atoms with van der Waals surface area (Å²) < 4.78 is 22.4. The van der Waals surface area contributed by atoms with E-state index in [2.05, 4.69) is 11.4 Å². The van der Waals surface area contributed by atoms with E-state index in [-0.39, 0.29) is 5.91 Å². The molecule has 0 fully saturated rings. The van der Waals surface area contributed by atoms with E-state index in [1.807, 2.05) is 63.2 Å². The molecule has 0 heterocycles. The van der Waals surface area contributed by atoms with Crippen molar-refractivity contribution in [1.82, 2.24) is 5.32 Å². The van der Waals surface area contributed by atoms with E-state index in [0.717, 1.165) is 28.0 Å². The normalized spacial score (nSPS) is 10.5. The Morgan fingerprint density at radius 1 is 0.824 bits per heavy atom. The molecule has 1 N–H and O–H groups in total. The van der Waals surface area contributed by atoms with Crippen LogP contribution in [0.5, 0.6) is 23.0 Å². The molecule has 0 aromatic heterocycles. The van der Waals surface area contributed by atoms with Gasteiger partial charge in [0.25, 0.3) is 5.91 Å². The third kappa shape index (κ3) is 6.67. The van der Waals surface area contributed by atoms with Crippen molar-refractivity contribution < 1.29 is 23.7 Å². The number of carbonyl (C=O) groups excluding carboxylic acids is 1. The highest BCUT2D eigenvalue weighted by Gasteiger charge is 2.12. The lowest BCUT2D eigenvalue weighted by atomic mass is 10.1. The Morgan fingerprint density at radius 3 is 2.21 bits per heavy atom. The Kier molecular flexibility index (Phi) is 8.79. The molecule has 34 heavy (non-hydrogen) atoms. The van der Waals surface area contributed by atoms with Crippen molar-refractivity contribution in [2.75, 3.05) is 27.4 Å². The molecule has 3 aromatic rings. The topological polar surface area (TPSA) is 66.0 Å². The Hall–Kier alpha value is -3.67. The van der Waals surface area contributed by atoms with Gasteiger partial charge in [-0.25, -0.2) is 0 Å². The first-order valence-corrected chi connectivity index (χ1v) is 11.4. The summed E-state index contributed by atoms with van der Waals surface area (Å²) in [7, 11) is 3.21. The first-order chi connectivity index (χ1) is 16.4. The van der Waals surface area contributed by atoms with Crippen LogP contribution in [0.3, 0.4) is 0 Å². The fraction of sp³-hybridized carbons (Fsp3) is 0.321. The third-order valence-corrected chi connectivity index (χ3v) is 5.36. The number of ether oxygens (including phenoxy) is 4. The molecule has 1 amide bonds. The molecule has 0 saturated carbocycles. The number of aryl methyl sites for hydroxylation is 2. The lowest BCUT2D eigenvalue weighted by Gasteiger charge is -2.14. The minimum Gasteiger partial charge on any atom is -0.493 e. The van der Waals surface area contributed by atoms with Crippen LogP contribution < -0.4 is 24.3 Å². The quantitative estimate of drug-likeness (QED) is 0.420. The van der Waals surface area contributed by atoms with Crippen LogP contribution in [0.15, 0.2) is 54.6 Å². The number of hydrogen-bond donors (Lipinski definition) is 1. The second kappa shape index (κ2) is 12.0. The SMILES string of the molecule is CCOc1ccc(C(=O)NCCc2ccc(OC)c(OC)c2)cc1COc1cc(C)cc(C)c1. The van der Waals surface area contributed by atoms with Gasteiger partial charge in [-0.2, -0.15) is 0 Å². The standard InChI is InChI=1S/C28H33NO5/c1-6-33-25-10-8-22(17-23(25)18-34-24-14-19(2)13-20(3)15-24)28(30)29-12-11-21-7-9-26(31-4)27(16-21)32-5/h7-10,13-17H,6,11-12,18H2,1-5H3,(H,29,30). The van der Waals surface area contributed by atoms with Crippen LogP contribution in [0.1, 0.15) is 39.5 Å². The van der Waals surface area contributed by atoms with Crippen molar-refractivity contribution >= 4 is 5.91 Å². The molecule has 0 atom stereocenters. The number of nitrogens with one attached hydrogen (secondary N) is 1. The number of benzene rings is 3. The molecule has 0 aliphatic rings. The molecule has 3 rings (SSSR count). The van der Waals surface area contributed by atoms with Gasteiger partial charge in [-0.15, -0.1) is 0 Å². The van der Waals surface area contributed by atoms with Crippen molar-refractivity contribution in [3.05, 3.63) is 82.4 Å². The number of methoxy groups -OCH3 is 2. The smallest absolute Gasteiger partial charge is 0.251 e. The van der Waals surface area contributed by atoms with E-state index in [9.17, 15) is 4.79 Å². The predicted molar refractivity (Wildman–Crippen MR) is 133 cm³/mol. The highest BCUT2D eigenvalue weighted by Crippen LogP contribution is 2.28. The second-order valence-electron chi connectivity index (χ2n) is 8.06. The van der Waals surface area contributed by atoms with Crippen LogP contribution >= 0.6 is 0 Å². The molecule has 0 saturated heterocycles. The van der Waals surface area contributed by atoms with Crippen molar-refractivity contribution in [3.63, 3.8) is 0 Å². The molecule has 0 radical (unpaired) electrons. The fourth-order valence-electron chi connectivity index (χ4n) is 3.77. The molecule has 0 aliphatic heterocycles. The van der Waals surface area contributed by atoms with Crippen molar-refractivity contribution in [2.24, 2.45) is 0 Å². The average molecular weight is 464 g/mol. The summed E-state index contributed by atoms with van der Waals surface area (Å²) in [5, 5.41) is 2.99. The first kappa shape index (κ1) is 25.0. The predicted octanol–water partition coefficient (Wildman–Crippen LogP) is 5.27.